The van der Waals surface area contributed by atoms with Gasteiger partial charge in [0.15, 0.2) is 0 Å². The molecule has 0 bridgehead atoms. The molecule has 1 fully saturated rings. The highest BCUT2D eigenvalue weighted by Crippen LogP contribution is 2.32. The lowest BCUT2D eigenvalue weighted by molar-refractivity contribution is -0.149. The molecule has 1 aromatic carbocycles. The molecule has 2 rings (SSSR count). The van der Waals surface area contributed by atoms with Crippen LogP contribution >= 0.6 is 0 Å². The van der Waals surface area contributed by atoms with E-state index in [-0.39, 0.29) is 13.1 Å². The number of sulfonamides is 1. The molecule has 2 amide bonds. The van der Waals surface area contributed by atoms with Gasteiger partial charge in [-0.1, -0.05) is 0 Å². The third-order valence-corrected chi connectivity index (χ3v) is 6.20. The SMILES string of the molecule is C[C@]1(C(=O)O)CN(C(N)=O)CCN1S(=O)(=O)c1ccc(C(F)(F)F)cc1. The molecule has 1 aromatic rings. The van der Waals surface area contributed by atoms with Crippen molar-refractivity contribution in [1.82, 2.24) is 9.21 Å². The number of primary amides is 1. The smallest absolute Gasteiger partial charge is 0.416 e. The largest absolute Gasteiger partial charge is 0.480 e. The molecule has 1 saturated heterocycles. The Hall–Kier alpha value is -2.34. The van der Waals surface area contributed by atoms with Gasteiger partial charge in [-0.25, -0.2) is 13.2 Å². The quantitative estimate of drug-likeness (QED) is 0.789. The zero-order valence-electron chi connectivity index (χ0n) is 13.5. The van der Waals surface area contributed by atoms with Crippen LogP contribution in [0.4, 0.5) is 18.0 Å². The molecule has 1 heterocycles. The van der Waals surface area contributed by atoms with Crippen molar-refractivity contribution in [1.29, 1.82) is 0 Å². The van der Waals surface area contributed by atoms with Crippen molar-refractivity contribution in [2.45, 2.75) is 23.5 Å². The fourth-order valence-corrected chi connectivity index (χ4v) is 4.40. The molecule has 0 aromatic heterocycles. The number of carbonyl (C=O) groups is 2. The summed E-state index contributed by atoms with van der Waals surface area (Å²) in [5.41, 5.74) is 2.08. The highest BCUT2D eigenvalue weighted by molar-refractivity contribution is 7.89. The maximum absolute atomic E-state index is 12.8. The van der Waals surface area contributed by atoms with Crippen molar-refractivity contribution < 1.29 is 36.3 Å². The van der Waals surface area contributed by atoms with Crippen LogP contribution in [0, 0.1) is 0 Å². The summed E-state index contributed by atoms with van der Waals surface area (Å²) in [7, 11) is -4.42. The number of nitrogens with two attached hydrogens (primary N) is 1. The first-order chi connectivity index (χ1) is 11.8. The summed E-state index contributed by atoms with van der Waals surface area (Å²) in [6.07, 6.45) is -4.63. The average Bonchev–Trinajstić information content (AvgIpc) is 2.53. The summed E-state index contributed by atoms with van der Waals surface area (Å²) < 4.78 is 64.1. The number of piperazine rings is 1. The first-order valence-corrected chi connectivity index (χ1v) is 8.72. The zero-order chi connectivity index (χ0) is 19.9. The lowest BCUT2D eigenvalue weighted by atomic mass is 10.00. The van der Waals surface area contributed by atoms with Crippen LogP contribution in [0.5, 0.6) is 0 Å². The van der Waals surface area contributed by atoms with Crippen molar-refractivity contribution in [2.24, 2.45) is 5.73 Å². The van der Waals surface area contributed by atoms with Gasteiger partial charge in [0.25, 0.3) is 0 Å². The first kappa shape index (κ1) is 20.0. The monoisotopic (exact) mass is 395 g/mol. The molecule has 1 atom stereocenters. The molecule has 144 valence electrons. The molecular formula is C14H16F3N3O5S. The summed E-state index contributed by atoms with van der Waals surface area (Å²) in [4.78, 5) is 23.5. The molecule has 8 nitrogen and oxygen atoms in total. The van der Waals surface area contributed by atoms with E-state index in [1.807, 2.05) is 0 Å². The maximum atomic E-state index is 12.8. The molecule has 12 heteroatoms. The molecule has 3 N–H and O–H groups in total. The van der Waals surface area contributed by atoms with Gasteiger partial charge >= 0.3 is 18.2 Å². The Morgan fingerprint density at radius 1 is 1.19 bits per heavy atom. The summed E-state index contributed by atoms with van der Waals surface area (Å²) in [6.45, 7) is 0.108. The van der Waals surface area contributed by atoms with E-state index in [4.69, 9.17) is 5.73 Å². The molecule has 0 radical (unpaired) electrons. The summed E-state index contributed by atoms with van der Waals surface area (Å²) >= 11 is 0. The van der Waals surface area contributed by atoms with Crippen molar-refractivity contribution >= 4 is 22.0 Å². The van der Waals surface area contributed by atoms with Gasteiger partial charge in [-0.05, 0) is 31.2 Å². The topological polar surface area (TPSA) is 121 Å². The molecule has 1 aliphatic rings. The van der Waals surface area contributed by atoms with Gasteiger partial charge in [0.1, 0.15) is 5.54 Å². The Labute approximate surface area is 147 Å². The number of rotatable bonds is 3. The normalized spacial score (nSPS) is 22.2. The summed E-state index contributed by atoms with van der Waals surface area (Å²) in [6, 6.07) is 1.83. The Morgan fingerprint density at radius 3 is 2.15 bits per heavy atom. The third kappa shape index (κ3) is 3.46. The van der Waals surface area contributed by atoms with Crippen LogP contribution < -0.4 is 5.73 Å². The first-order valence-electron chi connectivity index (χ1n) is 7.28. The lowest BCUT2D eigenvalue weighted by Crippen LogP contribution is -2.67. The van der Waals surface area contributed by atoms with Gasteiger partial charge in [0.05, 0.1) is 17.0 Å². The molecule has 0 aliphatic carbocycles. The zero-order valence-corrected chi connectivity index (χ0v) is 14.3. The van der Waals surface area contributed by atoms with Crippen molar-refractivity contribution in [2.75, 3.05) is 19.6 Å². The fraction of sp³-hybridized carbons (Fsp3) is 0.429. The molecule has 26 heavy (non-hydrogen) atoms. The van der Waals surface area contributed by atoms with Crippen LogP contribution in [0.1, 0.15) is 12.5 Å². The number of halogens is 3. The Kier molecular flexibility index (Phi) is 4.94. The van der Waals surface area contributed by atoms with Gasteiger partial charge < -0.3 is 15.7 Å². The van der Waals surface area contributed by atoms with Gasteiger partial charge in [0.2, 0.25) is 10.0 Å². The second kappa shape index (κ2) is 6.43. The molecule has 0 unspecified atom stereocenters. The van der Waals surface area contributed by atoms with Gasteiger partial charge in [-0.3, -0.25) is 4.79 Å². The Morgan fingerprint density at radius 2 is 1.73 bits per heavy atom. The van der Waals surface area contributed by atoms with Gasteiger partial charge in [0, 0.05) is 13.1 Å². The predicted molar refractivity (Wildman–Crippen MR) is 82.5 cm³/mol. The second-order valence-corrected chi connectivity index (χ2v) is 7.80. The number of carbonyl (C=O) groups excluding carboxylic acids is 1. The van der Waals surface area contributed by atoms with Crippen LogP contribution in [-0.2, 0) is 21.0 Å². The number of hydrogen-bond acceptors (Lipinski definition) is 4. The minimum absolute atomic E-state index is 0.141. The third-order valence-electron chi connectivity index (χ3n) is 4.16. The minimum Gasteiger partial charge on any atom is -0.480 e. The number of carboxylic acids is 1. The van der Waals surface area contributed by atoms with Crippen molar-refractivity contribution in [3.05, 3.63) is 29.8 Å². The summed E-state index contributed by atoms with van der Waals surface area (Å²) in [5, 5.41) is 9.49. The lowest BCUT2D eigenvalue weighted by Gasteiger charge is -2.44. The van der Waals surface area contributed by atoms with Crippen molar-refractivity contribution in [3.8, 4) is 0 Å². The van der Waals surface area contributed by atoms with Crippen LogP contribution in [0.2, 0.25) is 0 Å². The molecule has 0 saturated carbocycles. The van der Waals surface area contributed by atoms with E-state index in [0.717, 1.165) is 24.0 Å². The summed E-state index contributed by atoms with van der Waals surface area (Å²) in [5.74, 6) is -1.51. The van der Waals surface area contributed by atoms with E-state index in [1.54, 1.807) is 0 Å². The standard InChI is InChI=1S/C14H16F3N3O5S/c1-13(11(21)22)8-19(12(18)23)6-7-20(13)26(24,25)10-4-2-9(3-5-10)14(15,16)17/h2-5H,6-8H2,1H3,(H2,18,23)(H,21,22)/t13-/m1/s1. The number of benzene rings is 1. The Bertz CT molecular complexity index is 825. The number of hydrogen-bond donors (Lipinski definition) is 2. The minimum atomic E-state index is -4.63. The highest BCUT2D eigenvalue weighted by atomic mass is 32.2. The molecular weight excluding hydrogens is 379 g/mol. The van der Waals surface area contributed by atoms with Crippen LogP contribution in [0.25, 0.3) is 0 Å². The predicted octanol–water partition coefficient (Wildman–Crippen LogP) is 0.934. The van der Waals surface area contributed by atoms with E-state index in [2.05, 4.69) is 0 Å². The maximum Gasteiger partial charge on any atom is 0.416 e. The number of urea groups is 1. The Balaban J connectivity index is 2.43. The van der Waals surface area contributed by atoms with Gasteiger partial charge in [-0.15, -0.1) is 0 Å². The van der Waals surface area contributed by atoms with E-state index < -0.39 is 50.7 Å². The van der Waals surface area contributed by atoms with E-state index >= 15 is 0 Å². The number of alkyl halides is 3. The van der Waals surface area contributed by atoms with Crippen molar-refractivity contribution in [3.63, 3.8) is 0 Å². The van der Waals surface area contributed by atoms with E-state index in [1.165, 1.54) is 0 Å². The van der Waals surface area contributed by atoms with Crippen LogP contribution in [0.15, 0.2) is 29.2 Å². The molecule has 0 spiro atoms. The second-order valence-electron chi connectivity index (χ2n) is 5.94. The van der Waals surface area contributed by atoms with Gasteiger partial charge in [-0.2, -0.15) is 17.5 Å². The fourth-order valence-electron chi connectivity index (χ4n) is 2.68. The number of carboxylic acid groups (broad SMARTS) is 1. The molecule has 1 aliphatic heterocycles. The van der Waals surface area contributed by atoms with E-state index in [0.29, 0.717) is 16.4 Å². The van der Waals surface area contributed by atoms with Crippen LogP contribution in [-0.4, -0.2) is 59.9 Å². The number of nitrogens with zero attached hydrogens (tertiary/aromatic N) is 2. The average molecular weight is 395 g/mol. The van der Waals surface area contributed by atoms with E-state index in [9.17, 15) is 36.3 Å². The highest BCUT2D eigenvalue weighted by Gasteiger charge is 2.51. The van der Waals surface area contributed by atoms with Crippen LogP contribution in [0.3, 0.4) is 0 Å². The number of aliphatic carboxylic acids is 1. The number of amides is 2.